The molecule has 0 spiro atoms. The van der Waals surface area contributed by atoms with Crippen LogP contribution in [0.5, 0.6) is 5.75 Å². The molecule has 14 heavy (non-hydrogen) atoms. The lowest BCUT2D eigenvalue weighted by atomic mass is 10.1. The van der Waals surface area contributed by atoms with Crippen molar-refractivity contribution in [3.8, 4) is 5.75 Å². The fourth-order valence-electron chi connectivity index (χ4n) is 0.890. The van der Waals surface area contributed by atoms with Gasteiger partial charge in [-0.3, -0.25) is 4.79 Å². The number of benzene rings is 1. The summed E-state index contributed by atoms with van der Waals surface area (Å²) in [7, 11) is 0. The lowest BCUT2D eigenvalue weighted by Gasteiger charge is -2.03. The minimum Gasteiger partial charge on any atom is -0.410 e. The second-order valence-electron chi connectivity index (χ2n) is 2.60. The van der Waals surface area contributed by atoms with Crippen LogP contribution < -0.4 is 10.1 Å². The van der Waals surface area contributed by atoms with Gasteiger partial charge in [-0.05, 0) is 31.2 Å². The minimum absolute atomic E-state index is 0.108. The van der Waals surface area contributed by atoms with Crippen LogP contribution in [0.2, 0.25) is 0 Å². The summed E-state index contributed by atoms with van der Waals surface area (Å²) >= 11 is 0. The van der Waals surface area contributed by atoms with Gasteiger partial charge in [-0.1, -0.05) is 0 Å². The molecule has 0 aliphatic rings. The van der Waals surface area contributed by atoms with Crippen molar-refractivity contribution in [2.24, 2.45) is 0 Å². The van der Waals surface area contributed by atoms with Gasteiger partial charge in [0.05, 0.1) is 0 Å². The lowest BCUT2D eigenvalue weighted by Crippen LogP contribution is -2.21. The summed E-state index contributed by atoms with van der Waals surface area (Å²) in [5.41, 5.74) is 0.480. The molecule has 0 atom stereocenters. The SMILES string of the molecule is [2H]C([2H])([2H])NC(=O)Oc1ccc(C(C)=O)cc1. The number of rotatable bonds is 2. The van der Waals surface area contributed by atoms with Gasteiger partial charge < -0.3 is 10.1 Å². The van der Waals surface area contributed by atoms with Crippen LogP contribution in [-0.4, -0.2) is 18.9 Å². The van der Waals surface area contributed by atoms with E-state index in [2.05, 4.69) is 0 Å². The van der Waals surface area contributed by atoms with Crippen molar-refractivity contribution in [3.63, 3.8) is 0 Å². The molecule has 0 bridgehead atoms. The number of carbonyl (C=O) groups excluding carboxylic acids is 2. The third-order valence-corrected chi connectivity index (χ3v) is 1.57. The predicted molar refractivity (Wildman–Crippen MR) is 51.5 cm³/mol. The van der Waals surface area contributed by atoms with Gasteiger partial charge in [-0.2, -0.15) is 0 Å². The summed E-state index contributed by atoms with van der Waals surface area (Å²) in [6.07, 6.45) is -1.07. The summed E-state index contributed by atoms with van der Waals surface area (Å²) in [5, 5.41) is 1.68. The highest BCUT2D eigenvalue weighted by molar-refractivity contribution is 5.94. The Morgan fingerprint density at radius 2 is 2.00 bits per heavy atom. The van der Waals surface area contributed by atoms with Gasteiger partial charge in [0.15, 0.2) is 5.78 Å². The standard InChI is InChI=1S/C10H11NO3/c1-7(12)8-3-5-9(6-4-8)14-10(13)11-2/h3-6H,1-2H3,(H,11,13)/i2D3. The summed E-state index contributed by atoms with van der Waals surface area (Å²) in [6.45, 7) is -1.17. The largest absolute Gasteiger partial charge is 0.412 e. The maximum Gasteiger partial charge on any atom is 0.412 e. The van der Waals surface area contributed by atoms with Gasteiger partial charge in [-0.15, -0.1) is 0 Å². The molecule has 1 aromatic carbocycles. The van der Waals surface area contributed by atoms with Gasteiger partial charge in [0.1, 0.15) is 5.75 Å². The van der Waals surface area contributed by atoms with Gasteiger partial charge in [0.25, 0.3) is 0 Å². The molecule has 0 aliphatic heterocycles. The summed E-state index contributed by atoms with van der Waals surface area (Å²) < 4.78 is 25.1. The molecule has 0 aromatic heterocycles. The van der Waals surface area contributed by atoms with E-state index in [0.717, 1.165) is 0 Å². The average molecular weight is 196 g/mol. The quantitative estimate of drug-likeness (QED) is 0.731. The van der Waals surface area contributed by atoms with E-state index in [1.165, 1.54) is 31.2 Å². The number of hydrogen-bond acceptors (Lipinski definition) is 3. The summed E-state index contributed by atoms with van der Waals surface area (Å²) in [6, 6.07) is 5.80. The van der Waals surface area contributed by atoms with Crippen molar-refractivity contribution < 1.29 is 18.4 Å². The molecule has 0 fully saturated rings. The molecule has 1 amide bonds. The first-order valence-corrected chi connectivity index (χ1v) is 3.89. The van der Waals surface area contributed by atoms with Gasteiger partial charge in [-0.25, -0.2) is 4.79 Å². The molecule has 0 saturated heterocycles. The molecule has 1 N–H and O–H groups in total. The molecule has 0 heterocycles. The monoisotopic (exact) mass is 196 g/mol. The maximum atomic E-state index is 11.1. The number of hydrogen-bond donors (Lipinski definition) is 1. The minimum atomic E-state index is -2.59. The number of carbonyl (C=O) groups is 2. The van der Waals surface area contributed by atoms with E-state index in [1.54, 1.807) is 5.32 Å². The number of ether oxygens (including phenoxy) is 1. The lowest BCUT2D eigenvalue weighted by molar-refractivity contribution is 0.101. The molecule has 0 aliphatic carbocycles. The highest BCUT2D eigenvalue weighted by Gasteiger charge is 2.02. The average Bonchev–Trinajstić information content (AvgIpc) is 2.15. The van der Waals surface area contributed by atoms with Crippen LogP contribution in [0.15, 0.2) is 24.3 Å². The molecular weight excluding hydrogens is 182 g/mol. The Morgan fingerprint density at radius 3 is 2.50 bits per heavy atom. The van der Waals surface area contributed by atoms with Crippen LogP contribution in [0.25, 0.3) is 0 Å². The van der Waals surface area contributed by atoms with E-state index >= 15 is 0 Å². The van der Waals surface area contributed by atoms with E-state index in [-0.39, 0.29) is 11.5 Å². The summed E-state index contributed by atoms with van der Waals surface area (Å²) in [5.74, 6) is 0.0558. The second-order valence-corrected chi connectivity index (χ2v) is 2.60. The van der Waals surface area contributed by atoms with Crippen molar-refractivity contribution in [1.29, 1.82) is 0 Å². The molecule has 0 radical (unpaired) electrons. The first-order chi connectivity index (χ1) is 7.78. The Balaban J connectivity index is 2.64. The number of nitrogens with one attached hydrogen (secondary N) is 1. The van der Waals surface area contributed by atoms with Gasteiger partial charge >= 0.3 is 6.09 Å². The molecular formula is C10H11NO3. The topological polar surface area (TPSA) is 55.4 Å². The molecule has 1 rings (SSSR count). The third kappa shape index (κ3) is 2.58. The zero-order valence-corrected chi connectivity index (χ0v) is 7.53. The first kappa shape index (κ1) is 6.59. The van der Waals surface area contributed by atoms with E-state index in [9.17, 15) is 9.59 Å². The van der Waals surface area contributed by atoms with Crippen LogP contribution in [-0.2, 0) is 0 Å². The Kier molecular flexibility index (Phi) is 2.08. The third-order valence-electron chi connectivity index (χ3n) is 1.57. The van der Waals surface area contributed by atoms with Crippen LogP contribution in [0.4, 0.5) is 4.79 Å². The Bertz CT molecular complexity index is 425. The molecule has 1 aromatic rings. The Hall–Kier alpha value is -1.84. The maximum absolute atomic E-state index is 11.1. The molecule has 0 unspecified atom stereocenters. The molecule has 4 heteroatoms. The number of ketones is 1. The molecule has 74 valence electrons. The fourth-order valence-corrected chi connectivity index (χ4v) is 0.890. The van der Waals surface area contributed by atoms with Crippen molar-refractivity contribution in [2.75, 3.05) is 6.98 Å². The summed E-state index contributed by atoms with van der Waals surface area (Å²) in [4.78, 5) is 22.1. The van der Waals surface area contributed by atoms with Crippen molar-refractivity contribution in [1.82, 2.24) is 5.32 Å². The second kappa shape index (κ2) is 4.41. The molecule has 4 nitrogen and oxygen atoms in total. The zero-order chi connectivity index (χ0) is 13.1. The Labute approximate surface area is 86.1 Å². The Morgan fingerprint density at radius 1 is 1.36 bits per heavy atom. The zero-order valence-electron chi connectivity index (χ0n) is 10.5. The van der Waals surface area contributed by atoms with Crippen LogP contribution >= 0.6 is 0 Å². The van der Waals surface area contributed by atoms with Crippen molar-refractivity contribution in [2.45, 2.75) is 6.92 Å². The van der Waals surface area contributed by atoms with Crippen molar-refractivity contribution >= 4 is 11.9 Å². The van der Waals surface area contributed by atoms with Crippen LogP contribution in [0.1, 0.15) is 21.4 Å². The normalized spacial score (nSPS) is 13.4. The van der Waals surface area contributed by atoms with Gasteiger partial charge in [0, 0.05) is 16.7 Å². The van der Waals surface area contributed by atoms with E-state index < -0.39 is 13.1 Å². The first-order valence-electron chi connectivity index (χ1n) is 5.39. The number of Topliss-reactive ketones (excluding diaryl/α,β-unsaturated/α-hetero) is 1. The smallest absolute Gasteiger partial charge is 0.410 e. The molecule has 0 saturated carbocycles. The highest BCUT2D eigenvalue weighted by atomic mass is 16.5. The van der Waals surface area contributed by atoms with Gasteiger partial charge in [0.2, 0.25) is 0 Å². The highest BCUT2D eigenvalue weighted by Crippen LogP contribution is 2.12. The van der Waals surface area contributed by atoms with E-state index in [0.29, 0.717) is 5.56 Å². The van der Waals surface area contributed by atoms with Crippen LogP contribution in [0.3, 0.4) is 0 Å². The van der Waals surface area contributed by atoms with Crippen molar-refractivity contribution in [3.05, 3.63) is 29.8 Å². The fraction of sp³-hybridized carbons (Fsp3) is 0.200. The van der Waals surface area contributed by atoms with E-state index in [4.69, 9.17) is 8.85 Å². The number of amides is 1. The van der Waals surface area contributed by atoms with E-state index in [1.807, 2.05) is 0 Å². The predicted octanol–water partition coefficient (Wildman–Crippen LogP) is 1.61. The van der Waals surface area contributed by atoms with Crippen LogP contribution in [0, 0.1) is 0 Å².